The molecule has 0 bridgehead atoms. The number of hydrogen-bond acceptors (Lipinski definition) is 5. The minimum atomic E-state index is -3.73. The maximum atomic E-state index is 11.5. The van der Waals surface area contributed by atoms with E-state index in [1.807, 2.05) is 12.1 Å². The number of likely N-dealkylation sites (N-methyl/N-ethyl adjacent to an activating group) is 1. The highest BCUT2D eigenvalue weighted by Crippen LogP contribution is 2.25. The number of aromatic amines is 1. The van der Waals surface area contributed by atoms with Crippen molar-refractivity contribution < 1.29 is 8.42 Å². The van der Waals surface area contributed by atoms with Gasteiger partial charge in [-0.05, 0) is 49.5 Å². The summed E-state index contributed by atoms with van der Waals surface area (Å²) < 4.78 is 23.0. The summed E-state index contributed by atoms with van der Waals surface area (Å²) in [7, 11) is -1.59. The first-order valence-electron chi connectivity index (χ1n) is 8.47. The van der Waals surface area contributed by atoms with Crippen molar-refractivity contribution in [1.82, 2.24) is 14.9 Å². The lowest BCUT2D eigenvalue weighted by atomic mass is 10.1. The van der Waals surface area contributed by atoms with E-state index < -0.39 is 10.0 Å². The molecule has 0 spiro atoms. The molecule has 26 heavy (non-hydrogen) atoms. The fourth-order valence-corrected chi connectivity index (χ4v) is 3.74. The second-order valence-corrected chi connectivity index (χ2v) is 8.21. The lowest BCUT2D eigenvalue weighted by molar-refractivity contribution is 0.313. The lowest BCUT2D eigenvalue weighted by Gasteiger charge is -2.34. The molecule has 1 aromatic heterocycles. The van der Waals surface area contributed by atoms with Crippen molar-refractivity contribution in [2.45, 2.75) is 4.90 Å². The number of piperazine rings is 1. The van der Waals surface area contributed by atoms with Gasteiger partial charge in [0.15, 0.2) is 0 Å². The standard InChI is InChI=1S/C18H21N5O2S/c1-22-8-10-23(11-9-22)14-4-2-13(3-5-14)18-20-16-7-6-15(26(19,24)25)12-17(16)21-18/h2-7,12H,8-11H2,1H3,(H,20,21)(H2,19,24,25). The fourth-order valence-electron chi connectivity index (χ4n) is 3.20. The van der Waals surface area contributed by atoms with E-state index in [1.54, 1.807) is 6.07 Å². The van der Waals surface area contributed by atoms with Crippen LogP contribution in [-0.2, 0) is 10.0 Å². The van der Waals surface area contributed by atoms with Crippen molar-refractivity contribution in [1.29, 1.82) is 0 Å². The van der Waals surface area contributed by atoms with Crippen LogP contribution in [0.4, 0.5) is 5.69 Å². The summed E-state index contributed by atoms with van der Waals surface area (Å²) in [6.07, 6.45) is 0. The first kappa shape index (κ1) is 17.0. The Morgan fingerprint density at radius 3 is 2.38 bits per heavy atom. The Bertz CT molecular complexity index is 1040. The van der Waals surface area contributed by atoms with Gasteiger partial charge in [-0.2, -0.15) is 0 Å². The zero-order valence-corrected chi connectivity index (χ0v) is 15.3. The molecule has 0 unspecified atom stereocenters. The molecular weight excluding hydrogens is 350 g/mol. The number of H-pyrrole nitrogens is 1. The molecule has 3 aromatic rings. The zero-order chi connectivity index (χ0) is 18.3. The van der Waals surface area contributed by atoms with Gasteiger partial charge >= 0.3 is 0 Å². The van der Waals surface area contributed by atoms with Crippen LogP contribution in [-0.4, -0.2) is 56.5 Å². The SMILES string of the molecule is CN1CCN(c2ccc(-c3nc4ccc(S(N)(=O)=O)cc4[nH]3)cc2)CC1. The Kier molecular flexibility index (Phi) is 4.18. The third kappa shape index (κ3) is 3.31. The molecule has 0 amide bonds. The topological polar surface area (TPSA) is 95.3 Å². The number of imidazole rings is 1. The molecule has 136 valence electrons. The second kappa shape index (κ2) is 6.39. The third-order valence-corrected chi connectivity index (χ3v) is 5.70. The minimum absolute atomic E-state index is 0.0746. The van der Waals surface area contributed by atoms with Crippen LogP contribution < -0.4 is 10.0 Å². The number of benzene rings is 2. The molecule has 1 aliphatic rings. The molecule has 2 aromatic carbocycles. The predicted octanol–water partition coefficient (Wildman–Crippen LogP) is 1.63. The number of rotatable bonds is 3. The van der Waals surface area contributed by atoms with Crippen molar-refractivity contribution in [2.24, 2.45) is 5.14 Å². The molecular formula is C18H21N5O2S. The Hall–Kier alpha value is -2.42. The summed E-state index contributed by atoms with van der Waals surface area (Å²) in [5.41, 5.74) is 3.51. The molecule has 3 N–H and O–H groups in total. The van der Waals surface area contributed by atoms with Gasteiger partial charge in [0, 0.05) is 37.4 Å². The number of nitrogens with zero attached hydrogens (tertiary/aromatic N) is 3. The van der Waals surface area contributed by atoms with E-state index in [9.17, 15) is 8.42 Å². The van der Waals surface area contributed by atoms with Crippen LogP contribution in [0, 0.1) is 0 Å². The van der Waals surface area contributed by atoms with Crippen LogP contribution >= 0.6 is 0 Å². The van der Waals surface area contributed by atoms with Gasteiger partial charge in [-0.25, -0.2) is 18.5 Å². The Morgan fingerprint density at radius 1 is 1.04 bits per heavy atom. The van der Waals surface area contributed by atoms with E-state index in [1.165, 1.54) is 17.8 Å². The van der Waals surface area contributed by atoms with Crippen LogP contribution in [0.1, 0.15) is 0 Å². The lowest BCUT2D eigenvalue weighted by Crippen LogP contribution is -2.44. The van der Waals surface area contributed by atoms with E-state index in [0.717, 1.165) is 31.7 Å². The van der Waals surface area contributed by atoms with Crippen LogP contribution in [0.25, 0.3) is 22.4 Å². The molecule has 4 rings (SSSR count). The maximum absolute atomic E-state index is 11.5. The molecule has 2 heterocycles. The van der Waals surface area contributed by atoms with Crippen molar-refractivity contribution in [2.75, 3.05) is 38.1 Å². The molecule has 1 fully saturated rings. The molecule has 0 atom stereocenters. The Labute approximate surface area is 152 Å². The van der Waals surface area contributed by atoms with Gasteiger partial charge in [0.1, 0.15) is 5.82 Å². The highest BCUT2D eigenvalue weighted by molar-refractivity contribution is 7.89. The molecule has 1 saturated heterocycles. The number of nitrogens with one attached hydrogen (secondary N) is 1. The van der Waals surface area contributed by atoms with Gasteiger partial charge in [-0.15, -0.1) is 0 Å². The van der Waals surface area contributed by atoms with Gasteiger partial charge < -0.3 is 14.8 Å². The summed E-state index contributed by atoms with van der Waals surface area (Å²) >= 11 is 0. The Balaban J connectivity index is 1.61. The molecule has 0 radical (unpaired) electrons. The van der Waals surface area contributed by atoms with Gasteiger partial charge in [0.2, 0.25) is 10.0 Å². The quantitative estimate of drug-likeness (QED) is 0.730. The highest BCUT2D eigenvalue weighted by atomic mass is 32.2. The zero-order valence-electron chi connectivity index (χ0n) is 14.5. The monoisotopic (exact) mass is 371 g/mol. The van der Waals surface area contributed by atoms with E-state index in [0.29, 0.717) is 16.9 Å². The minimum Gasteiger partial charge on any atom is -0.369 e. The molecule has 7 nitrogen and oxygen atoms in total. The highest BCUT2D eigenvalue weighted by Gasteiger charge is 2.15. The van der Waals surface area contributed by atoms with Crippen molar-refractivity contribution in [3.63, 3.8) is 0 Å². The first-order chi connectivity index (χ1) is 12.4. The number of nitrogens with two attached hydrogens (primary N) is 1. The smallest absolute Gasteiger partial charge is 0.238 e. The van der Waals surface area contributed by atoms with Crippen molar-refractivity contribution >= 4 is 26.7 Å². The van der Waals surface area contributed by atoms with Gasteiger partial charge in [0.25, 0.3) is 0 Å². The number of sulfonamides is 1. The van der Waals surface area contributed by atoms with Crippen LogP contribution in [0.5, 0.6) is 0 Å². The van der Waals surface area contributed by atoms with Crippen molar-refractivity contribution in [3.8, 4) is 11.4 Å². The van der Waals surface area contributed by atoms with E-state index in [4.69, 9.17) is 5.14 Å². The Morgan fingerprint density at radius 2 is 1.73 bits per heavy atom. The average Bonchev–Trinajstić information content (AvgIpc) is 3.05. The molecule has 8 heteroatoms. The van der Waals surface area contributed by atoms with E-state index >= 15 is 0 Å². The largest absolute Gasteiger partial charge is 0.369 e. The normalized spacial score (nSPS) is 16.3. The average molecular weight is 371 g/mol. The van der Waals surface area contributed by atoms with Crippen molar-refractivity contribution in [3.05, 3.63) is 42.5 Å². The maximum Gasteiger partial charge on any atom is 0.238 e. The van der Waals surface area contributed by atoms with Gasteiger partial charge in [0.05, 0.1) is 15.9 Å². The summed E-state index contributed by atoms with van der Waals surface area (Å²) in [6.45, 7) is 4.18. The summed E-state index contributed by atoms with van der Waals surface area (Å²) in [5.74, 6) is 0.705. The second-order valence-electron chi connectivity index (χ2n) is 6.65. The number of aromatic nitrogens is 2. The third-order valence-electron chi connectivity index (χ3n) is 4.79. The number of fused-ring (bicyclic) bond motifs is 1. The van der Waals surface area contributed by atoms with Crippen LogP contribution in [0.15, 0.2) is 47.4 Å². The van der Waals surface area contributed by atoms with Crippen LogP contribution in [0.3, 0.4) is 0 Å². The first-order valence-corrected chi connectivity index (χ1v) is 10.0. The van der Waals surface area contributed by atoms with E-state index in [2.05, 4.69) is 38.9 Å². The molecule has 1 aliphatic heterocycles. The summed E-state index contributed by atoms with van der Waals surface area (Å²) in [6, 6.07) is 12.9. The van der Waals surface area contributed by atoms with Gasteiger partial charge in [-0.1, -0.05) is 0 Å². The predicted molar refractivity (Wildman–Crippen MR) is 103 cm³/mol. The molecule has 0 aliphatic carbocycles. The van der Waals surface area contributed by atoms with Crippen LogP contribution in [0.2, 0.25) is 0 Å². The summed E-state index contributed by atoms with van der Waals surface area (Å²) in [4.78, 5) is 12.5. The molecule has 0 saturated carbocycles. The number of primary sulfonamides is 1. The van der Waals surface area contributed by atoms with E-state index in [-0.39, 0.29) is 4.90 Å². The number of anilines is 1. The summed E-state index contributed by atoms with van der Waals surface area (Å²) in [5, 5.41) is 5.19. The fraction of sp³-hybridized carbons (Fsp3) is 0.278. The van der Waals surface area contributed by atoms with Gasteiger partial charge in [-0.3, -0.25) is 0 Å². The number of hydrogen-bond donors (Lipinski definition) is 2.